The fourth-order valence-electron chi connectivity index (χ4n) is 9.29. The lowest BCUT2D eigenvalue weighted by Crippen LogP contribution is -2.63. The van der Waals surface area contributed by atoms with Gasteiger partial charge in [0.05, 0.1) is 12.2 Å². The molecule has 14 atom stereocenters. The van der Waals surface area contributed by atoms with E-state index in [0.29, 0.717) is 18.8 Å². The standard InChI is InChI=1S/C27H42O11/c1-25-7-5-13(28)9-12(25)3-4-14-15-6-8-27(36,26(15,2)10-16(29)18(14)25)17(30)11-37-24-21(33)19(31)20(32)22(38-24)23(34)35/h12-16,18-22,24,28-29,31-33,36H,3-11H2,1-2H3,(H,34,35)/t12-,13-,14+,15+,16-,18-,19-,20-,21+,22+,24-,25-,26-,27+/m0/s1. The van der Waals surface area contributed by atoms with Gasteiger partial charge in [-0.2, -0.15) is 0 Å². The average molecular weight is 543 g/mol. The topological polar surface area (TPSA) is 194 Å². The molecule has 4 saturated carbocycles. The van der Waals surface area contributed by atoms with Gasteiger partial charge in [0.15, 0.2) is 18.2 Å². The molecule has 7 N–H and O–H groups in total. The van der Waals surface area contributed by atoms with E-state index in [9.17, 15) is 45.3 Å². The first-order valence-electron chi connectivity index (χ1n) is 13.9. The smallest absolute Gasteiger partial charge is 0.335 e. The van der Waals surface area contributed by atoms with Gasteiger partial charge in [0.1, 0.15) is 30.5 Å². The van der Waals surface area contributed by atoms with E-state index in [0.717, 1.165) is 25.7 Å². The van der Waals surface area contributed by atoms with E-state index in [2.05, 4.69) is 6.92 Å². The molecular weight excluding hydrogens is 500 g/mol. The number of carbonyl (C=O) groups excluding carboxylic acids is 1. The number of aliphatic carboxylic acids is 1. The largest absolute Gasteiger partial charge is 0.479 e. The molecule has 5 rings (SSSR count). The molecule has 0 aromatic carbocycles. The molecule has 0 aromatic rings. The van der Waals surface area contributed by atoms with Crippen molar-refractivity contribution in [1.82, 2.24) is 0 Å². The number of carbonyl (C=O) groups is 2. The summed E-state index contributed by atoms with van der Waals surface area (Å²) in [6.07, 6.45) is -4.90. The van der Waals surface area contributed by atoms with Crippen molar-refractivity contribution in [2.24, 2.45) is 34.5 Å². The second kappa shape index (κ2) is 9.73. The molecule has 0 amide bonds. The summed E-state index contributed by atoms with van der Waals surface area (Å²) in [5.74, 6) is -1.69. The lowest BCUT2D eigenvalue weighted by molar-refractivity contribution is -0.293. The third-order valence-electron chi connectivity index (χ3n) is 11.4. The van der Waals surface area contributed by atoms with Crippen LogP contribution in [-0.2, 0) is 19.1 Å². The Labute approximate surface area is 221 Å². The van der Waals surface area contributed by atoms with Crippen molar-refractivity contribution in [2.45, 2.75) is 114 Å². The van der Waals surface area contributed by atoms with Crippen LogP contribution < -0.4 is 0 Å². The molecule has 1 aliphatic heterocycles. The third-order valence-corrected chi connectivity index (χ3v) is 11.4. The van der Waals surface area contributed by atoms with Crippen molar-refractivity contribution >= 4 is 11.8 Å². The van der Waals surface area contributed by atoms with Crippen LogP contribution in [0.2, 0.25) is 0 Å². The van der Waals surface area contributed by atoms with Gasteiger partial charge in [0.25, 0.3) is 0 Å². The maximum absolute atomic E-state index is 13.5. The van der Waals surface area contributed by atoms with Crippen LogP contribution >= 0.6 is 0 Å². The van der Waals surface area contributed by atoms with Crippen LogP contribution in [0.15, 0.2) is 0 Å². The maximum Gasteiger partial charge on any atom is 0.335 e. The first-order chi connectivity index (χ1) is 17.7. The number of aliphatic hydroxyl groups is 6. The van der Waals surface area contributed by atoms with Crippen LogP contribution in [0.1, 0.15) is 65.2 Å². The van der Waals surface area contributed by atoms with Gasteiger partial charge < -0.3 is 45.2 Å². The Kier molecular flexibility index (Phi) is 7.26. The molecule has 5 aliphatic rings. The molecule has 11 nitrogen and oxygen atoms in total. The number of rotatable bonds is 5. The first-order valence-corrected chi connectivity index (χ1v) is 13.9. The maximum atomic E-state index is 13.5. The van der Waals surface area contributed by atoms with Crippen molar-refractivity contribution in [3.63, 3.8) is 0 Å². The van der Waals surface area contributed by atoms with Crippen LogP contribution in [-0.4, -0.2) is 103 Å². The lowest BCUT2D eigenvalue weighted by atomic mass is 9.43. The first kappa shape index (κ1) is 28.4. The highest BCUT2D eigenvalue weighted by Crippen LogP contribution is 2.68. The summed E-state index contributed by atoms with van der Waals surface area (Å²) in [5, 5.41) is 72.9. The molecule has 0 radical (unpaired) electrons. The Morgan fingerprint density at radius 3 is 2.34 bits per heavy atom. The fraction of sp³-hybridized carbons (Fsp3) is 0.926. The zero-order valence-electron chi connectivity index (χ0n) is 22.0. The highest BCUT2D eigenvalue weighted by Gasteiger charge is 2.68. The highest BCUT2D eigenvalue weighted by molar-refractivity contribution is 5.89. The number of ether oxygens (including phenoxy) is 2. The molecule has 1 heterocycles. The van der Waals surface area contributed by atoms with Crippen molar-refractivity contribution in [3.8, 4) is 0 Å². The van der Waals surface area contributed by atoms with E-state index >= 15 is 0 Å². The molecule has 4 aliphatic carbocycles. The predicted molar refractivity (Wildman–Crippen MR) is 129 cm³/mol. The molecule has 38 heavy (non-hydrogen) atoms. The third kappa shape index (κ3) is 4.08. The number of carboxylic acid groups (broad SMARTS) is 1. The van der Waals surface area contributed by atoms with Gasteiger partial charge >= 0.3 is 5.97 Å². The summed E-state index contributed by atoms with van der Waals surface area (Å²) in [4.78, 5) is 24.8. The molecule has 5 fully saturated rings. The second-order valence-electron chi connectivity index (χ2n) is 13.1. The van der Waals surface area contributed by atoms with Crippen LogP contribution in [0.25, 0.3) is 0 Å². The molecule has 0 aromatic heterocycles. The van der Waals surface area contributed by atoms with Gasteiger partial charge in [-0.15, -0.1) is 0 Å². The molecule has 0 unspecified atom stereocenters. The van der Waals surface area contributed by atoms with Crippen molar-refractivity contribution < 1.29 is 54.8 Å². The lowest BCUT2D eigenvalue weighted by Gasteiger charge is -2.62. The summed E-state index contributed by atoms with van der Waals surface area (Å²) in [6.45, 7) is 3.39. The monoisotopic (exact) mass is 542 g/mol. The van der Waals surface area contributed by atoms with Crippen LogP contribution in [0, 0.1) is 34.5 Å². The second-order valence-corrected chi connectivity index (χ2v) is 13.1. The zero-order valence-corrected chi connectivity index (χ0v) is 22.0. The molecule has 0 spiro atoms. The number of hydrogen-bond acceptors (Lipinski definition) is 10. The van der Waals surface area contributed by atoms with Gasteiger partial charge in [-0.3, -0.25) is 4.79 Å². The van der Waals surface area contributed by atoms with Gasteiger partial charge in [-0.05, 0) is 80.5 Å². The number of Topliss-reactive ketones (excluding diaryl/α,β-unsaturated/α-hetero) is 1. The SMILES string of the molecule is C[C@]12CC[C@H](O)C[C@@H]1CC[C@H]1[C@H]2[C@@H](O)C[C@@]2(C)[C@@H]1CC[C@@]2(O)C(=O)CO[C@H]1O[C@@H](C(=O)O)[C@@H](O)[C@H](O)[C@H]1O. The van der Waals surface area contributed by atoms with Crippen LogP contribution in [0.5, 0.6) is 0 Å². The van der Waals surface area contributed by atoms with E-state index in [1.165, 1.54) is 0 Å². The fourth-order valence-corrected chi connectivity index (χ4v) is 9.29. The summed E-state index contributed by atoms with van der Waals surface area (Å²) in [7, 11) is 0. The summed E-state index contributed by atoms with van der Waals surface area (Å²) < 4.78 is 10.5. The van der Waals surface area contributed by atoms with Gasteiger partial charge in [-0.25, -0.2) is 4.79 Å². The Hall–Kier alpha value is -1.18. The number of fused-ring (bicyclic) bond motifs is 5. The summed E-state index contributed by atoms with van der Waals surface area (Å²) >= 11 is 0. The van der Waals surface area contributed by atoms with E-state index in [-0.39, 0.29) is 42.1 Å². The predicted octanol–water partition coefficient (Wildman–Crippen LogP) is -0.430. The zero-order chi connectivity index (χ0) is 27.8. The number of hydrogen-bond donors (Lipinski definition) is 7. The number of carboxylic acids is 1. The Balaban J connectivity index is 1.32. The van der Waals surface area contributed by atoms with Crippen LogP contribution in [0.3, 0.4) is 0 Å². The van der Waals surface area contributed by atoms with Gasteiger partial charge in [0, 0.05) is 5.41 Å². The average Bonchev–Trinajstić information content (AvgIpc) is 3.13. The summed E-state index contributed by atoms with van der Waals surface area (Å²) in [6, 6.07) is 0. The molecular formula is C27H42O11. The number of ketones is 1. The van der Waals surface area contributed by atoms with Gasteiger partial charge in [-0.1, -0.05) is 13.8 Å². The number of aliphatic hydroxyl groups excluding tert-OH is 5. The molecule has 0 bridgehead atoms. The summed E-state index contributed by atoms with van der Waals surface area (Å²) in [5.41, 5.74) is -2.80. The molecule has 1 saturated heterocycles. The Morgan fingerprint density at radius 2 is 1.66 bits per heavy atom. The normalized spacial score (nSPS) is 54.5. The molecule has 11 heteroatoms. The van der Waals surface area contributed by atoms with E-state index < -0.39 is 66.2 Å². The minimum Gasteiger partial charge on any atom is -0.479 e. The van der Waals surface area contributed by atoms with Crippen LogP contribution in [0.4, 0.5) is 0 Å². The van der Waals surface area contributed by atoms with E-state index in [1.54, 1.807) is 0 Å². The molecule has 216 valence electrons. The van der Waals surface area contributed by atoms with E-state index in [1.807, 2.05) is 6.92 Å². The van der Waals surface area contributed by atoms with Crippen molar-refractivity contribution in [2.75, 3.05) is 6.61 Å². The van der Waals surface area contributed by atoms with Gasteiger partial charge in [0.2, 0.25) is 0 Å². The minimum absolute atomic E-state index is 0.0133. The van der Waals surface area contributed by atoms with Crippen molar-refractivity contribution in [1.29, 1.82) is 0 Å². The highest BCUT2D eigenvalue weighted by atomic mass is 16.7. The quantitative estimate of drug-likeness (QED) is 0.238. The Bertz CT molecular complexity index is 944. The van der Waals surface area contributed by atoms with Crippen molar-refractivity contribution in [3.05, 3.63) is 0 Å². The van der Waals surface area contributed by atoms with E-state index in [4.69, 9.17) is 9.47 Å². The Morgan fingerprint density at radius 1 is 0.947 bits per heavy atom. The minimum atomic E-state index is -1.88.